The first-order valence-electron chi connectivity index (χ1n) is 18.4. The Kier molecular flexibility index (Phi) is 18.9. The standard InChI is InChI=1S/C22H13F12NO2.C9H15NO4.C8H3F6.BrH.Mg/c23-19(24,25)12-4-10(5-13(8-12)20(26,27)28)18(16-2-1-3-35(16)17(36)37-18)11-6-14(21(29,30)31)9-15(7-11)22(32,33)34;1-3-14-9(12)10-6-4-5-7(10)8(11)13-2;9-7(10,11)5-2-1-3-6(4-5)8(12,13)14;;/h4-9,16H,1-3H2;7H,3-6H2,1-2H3;2-4H;1H;/q;;-1;;+2/p-1/t16-;7-;;;/m00.../s1. The molecule has 2 amide bonds. The van der Waals surface area contributed by atoms with Crippen molar-refractivity contribution in [3.8, 4) is 0 Å². The molecule has 3 aromatic rings. The van der Waals surface area contributed by atoms with E-state index in [-0.39, 0.29) is 108 Å². The Morgan fingerprint density at radius 3 is 1.37 bits per heavy atom. The van der Waals surface area contributed by atoms with E-state index in [1.165, 1.54) is 12.0 Å². The molecule has 0 aliphatic carbocycles. The van der Waals surface area contributed by atoms with Crippen molar-refractivity contribution in [1.82, 2.24) is 9.80 Å². The van der Waals surface area contributed by atoms with E-state index in [0.29, 0.717) is 31.7 Å². The molecule has 3 fully saturated rings. The number of hydrogen-bond donors (Lipinski definition) is 0. The fourth-order valence-electron chi connectivity index (χ4n) is 7.05. The second-order valence-electron chi connectivity index (χ2n) is 14.1. The minimum Gasteiger partial charge on any atom is -1.00 e. The number of hydrogen-bond acceptors (Lipinski definition) is 6. The number of ether oxygens (including phenoxy) is 3. The van der Waals surface area contributed by atoms with Gasteiger partial charge in [-0.25, -0.2) is 14.4 Å². The molecule has 6 rings (SSSR count). The van der Waals surface area contributed by atoms with Crippen LogP contribution in [0.25, 0.3) is 0 Å². The van der Waals surface area contributed by atoms with Gasteiger partial charge in [0, 0.05) is 24.2 Å². The first-order chi connectivity index (χ1) is 29.7. The van der Waals surface area contributed by atoms with Gasteiger partial charge in [-0.15, -0.1) is 6.07 Å². The number of rotatable bonds is 4. The minimum absolute atomic E-state index is 0. The fraction of sp³-hybridized carbons (Fsp3) is 0.462. The maximum absolute atomic E-state index is 13.6. The summed E-state index contributed by atoms with van der Waals surface area (Å²) < 4.78 is 249. The Morgan fingerprint density at radius 1 is 0.642 bits per heavy atom. The number of fused-ring (bicyclic) bond motifs is 1. The Bertz CT molecular complexity index is 2040. The summed E-state index contributed by atoms with van der Waals surface area (Å²) in [6, 6.07) is 0.887. The Balaban J connectivity index is 0.000000422. The van der Waals surface area contributed by atoms with Crippen LogP contribution >= 0.6 is 0 Å². The van der Waals surface area contributed by atoms with Crippen molar-refractivity contribution < 1.29 is 125 Å². The molecule has 0 bridgehead atoms. The van der Waals surface area contributed by atoms with Crippen molar-refractivity contribution in [2.75, 3.05) is 26.8 Å². The van der Waals surface area contributed by atoms with Crippen molar-refractivity contribution in [2.45, 2.75) is 87.3 Å². The van der Waals surface area contributed by atoms with Crippen molar-refractivity contribution in [2.24, 2.45) is 0 Å². The van der Waals surface area contributed by atoms with Crippen LogP contribution in [0.15, 0.2) is 54.6 Å². The van der Waals surface area contributed by atoms with Crippen LogP contribution in [0.1, 0.15) is 77.1 Å². The normalized spacial score (nSPS) is 18.2. The van der Waals surface area contributed by atoms with Gasteiger partial charge in [0.15, 0.2) is 5.60 Å². The fourth-order valence-corrected chi connectivity index (χ4v) is 7.05. The van der Waals surface area contributed by atoms with Gasteiger partial charge in [-0.1, -0.05) is 11.1 Å². The predicted molar refractivity (Wildman–Crippen MR) is 190 cm³/mol. The molecule has 2 atom stereocenters. The van der Waals surface area contributed by atoms with Gasteiger partial charge in [-0.05, 0) is 69.0 Å². The van der Waals surface area contributed by atoms with E-state index in [0.717, 1.165) is 11.3 Å². The maximum atomic E-state index is 13.6. The summed E-state index contributed by atoms with van der Waals surface area (Å²) in [6.45, 7) is 2.50. The summed E-state index contributed by atoms with van der Waals surface area (Å²) in [5.74, 6) is -0.365. The molecular weight excluding hydrogens is 1040 g/mol. The predicted octanol–water partition coefficient (Wildman–Crippen LogP) is 8.55. The number of alkyl halides is 18. The van der Waals surface area contributed by atoms with E-state index >= 15 is 0 Å². The van der Waals surface area contributed by atoms with Crippen LogP contribution in [-0.4, -0.2) is 89.9 Å². The van der Waals surface area contributed by atoms with Crippen molar-refractivity contribution in [3.63, 3.8) is 0 Å². The van der Waals surface area contributed by atoms with Gasteiger partial charge < -0.3 is 36.1 Å². The van der Waals surface area contributed by atoms with Gasteiger partial charge in [0.1, 0.15) is 6.04 Å². The summed E-state index contributed by atoms with van der Waals surface area (Å²) in [6.07, 6.45) is -31.4. The molecule has 8 nitrogen and oxygen atoms in total. The molecule has 3 aromatic carbocycles. The van der Waals surface area contributed by atoms with Gasteiger partial charge in [0.2, 0.25) is 0 Å². The Labute approximate surface area is 393 Å². The average Bonchev–Trinajstić information content (AvgIpc) is 3.95. The van der Waals surface area contributed by atoms with Crippen LogP contribution in [-0.2, 0) is 61.7 Å². The molecule has 0 spiro atoms. The minimum atomic E-state index is -5.39. The van der Waals surface area contributed by atoms with Gasteiger partial charge >= 0.3 is 78.3 Å². The number of likely N-dealkylation sites (tertiary alicyclic amines) is 1. The topological polar surface area (TPSA) is 85.4 Å². The summed E-state index contributed by atoms with van der Waals surface area (Å²) in [5.41, 5.74) is -15.2. The molecule has 67 heavy (non-hydrogen) atoms. The molecule has 28 heteroatoms. The van der Waals surface area contributed by atoms with Crippen LogP contribution in [0.5, 0.6) is 0 Å². The maximum Gasteiger partial charge on any atom is 2.00 e. The number of carbonyl (C=O) groups is 3. The molecule has 0 unspecified atom stereocenters. The molecular formula is C39H31BrF18MgN2O6. The van der Waals surface area contributed by atoms with E-state index in [4.69, 9.17) is 9.47 Å². The summed E-state index contributed by atoms with van der Waals surface area (Å²) >= 11 is 0. The number of amides is 2. The molecule has 0 saturated carbocycles. The molecule has 3 aliphatic heterocycles. The Hall–Kier alpha value is -4.34. The summed E-state index contributed by atoms with van der Waals surface area (Å²) in [4.78, 5) is 37.5. The largest absolute Gasteiger partial charge is 2.00 e. The number of esters is 1. The van der Waals surface area contributed by atoms with Crippen LogP contribution in [0, 0.1) is 6.07 Å². The molecule has 0 aromatic heterocycles. The third-order valence-electron chi connectivity index (χ3n) is 9.91. The Morgan fingerprint density at radius 2 is 1.01 bits per heavy atom. The molecule has 3 saturated heterocycles. The summed E-state index contributed by atoms with van der Waals surface area (Å²) in [5, 5.41) is 0. The second kappa shape index (κ2) is 21.5. The van der Waals surface area contributed by atoms with Gasteiger partial charge in [-0.2, -0.15) is 97.2 Å². The molecule has 0 radical (unpaired) electrons. The zero-order chi connectivity index (χ0) is 49.3. The van der Waals surface area contributed by atoms with E-state index in [2.05, 4.69) is 4.74 Å². The zero-order valence-corrected chi connectivity index (χ0v) is 37.0. The van der Waals surface area contributed by atoms with E-state index in [1.54, 1.807) is 13.0 Å². The number of methoxy groups -OCH3 is 1. The molecule has 0 N–H and O–H groups in total. The van der Waals surface area contributed by atoms with Crippen LogP contribution in [0.4, 0.5) is 88.6 Å². The van der Waals surface area contributed by atoms with Gasteiger partial charge in [0.05, 0.1) is 42.0 Å². The molecule has 3 aliphatic rings. The van der Waals surface area contributed by atoms with Crippen LogP contribution < -0.4 is 17.0 Å². The molecule has 368 valence electrons. The van der Waals surface area contributed by atoms with Gasteiger partial charge in [0.25, 0.3) is 0 Å². The average molecular weight is 1070 g/mol. The third-order valence-corrected chi connectivity index (χ3v) is 9.91. The first kappa shape index (κ1) is 58.8. The number of cyclic esters (lactones) is 1. The van der Waals surface area contributed by atoms with Crippen molar-refractivity contribution in [1.29, 1.82) is 0 Å². The van der Waals surface area contributed by atoms with Crippen LogP contribution in [0.2, 0.25) is 0 Å². The quantitative estimate of drug-likeness (QED) is 0.0857. The zero-order valence-electron chi connectivity index (χ0n) is 34.0. The van der Waals surface area contributed by atoms with Crippen molar-refractivity contribution in [3.05, 3.63) is 105 Å². The second-order valence-corrected chi connectivity index (χ2v) is 14.1. The van der Waals surface area contributed by atoms with Crippen molar-refractivity contribution >= 4 is 41.2 Å². The monoisotopic (exact) mass is 1070 g/mol. The number of nitrogens with zero attached hydrogens (tertiary/aromatic N) is 2. The van der Waals surface area contributed by atoms with Gasteiger partial charge in [-0.3, -0.25) is 4.90 Å². The number of carbonyl (C=O) groups excluding carboxylic acids is 3. The summed E-state index contributed by atoms with van der Waals surface area (Å²) in [7, 11) is 1.32. The van der Waals surface area contributed by atoms with Crippen LogP contribution in [0.3, 0.4) is 0 Å². The van der Waals surface area contributed by atoms with E-state index < -0.39 is 111 Å². The number of benzene rings is 3. The van der Waals surface area contributed by atoms with E-state index in [9.17, 15) is 93.4 Å². The first-order valence-corrected chi connectivity index (χ1v) is 18.4. The number of halogens is 19. The molecule has 3 heterocycles. The third kappa shape index (κ3) is 13.9. The SMILES string of the molecule is CCOC(=O)N1CCC[C@H]1C(=O)OC.FC(F)(F)c1c[c-]cc(C(F)(F)F)c1.O=C1OC(c2cc(C(F)(F)F)cc(C(F)(F)F)c2)(c2cc(C(F)(F)F)cc(C(F)(F)F)c2)[C@@H]2CCCN12.[Br-].[Mg+2]. The van der Waals surface area contributed by atoms with E-state index in [1.807, 2.05) is 0 Å². The smallest absolute Gasteiger partial charge is 1.00 e.